The highest BCUT2D eigenvalue weighted by molar-refractivity contribution is 9.10. The fourth-order valence-corrected chi connectivity index (χ4v) is 2.07. The van der Waals surface area contributed by atoms with Crippen molar-refractivity contribution in [1.82, 2.24) is 10.1 Å². The maximum absolute atomic E-state index is 5.92. The van der Waals surface area contributed by atoms with E-state index >= 15 is 0 Å². The van der Waals surface area contributed by atoms with E-state index in [1.165, 1.54) is 0 Å². The molecule has 0 radical (unpaired) electrons. The van der Waals surface area contributed by atoms with Gasteiger partial charge in [0, 0.05) is 15.1 Å². The van der Waals surface area contributed by atoms with Crippen LogP contribution in [-0.4, -0.2) is 10.1 Å². The first-order chi connectivity index (χ1) is 7.56. The van der Waals surface area contributed by atoms with E-state index in [0.717, 1.165) is 10.0 Å². The van der Waals surface area contributed by atoms with Crippen molar-refractivity contribution in [2.75, 3.05) is 0 Å². The molecule has 0 aliphatic rings. The minimum absolute atomic E-state index is 0.250. The van der Waals surface area contributed by atoms with E-state index in [2.05, 4.69) is 26.1 Å². The van der Waals surface area contributed by atoms with Crippen LogP contribution in [0.1, 0.15) is 18.8 Å². The number of rotatable bonds is 2. The van der Waals surface area contributed by atoms with Gasteiger partial charge in [0.05, 0.1) is 6.04 Å². The molecule has 1 aromatic heterocycles. The van der Waals surface area contributed by atoms with E-state index in [-0.39, 0.29) is 6.04 Å². The van der Waals surface area contributed by atoms with Crippen molar-refractivity contribution in [1.29, 1.82) is 0 Å². The van der Waals surface area contributed by atoms with E-state index in [4.69, 9.17) is 21.9 Å². The van der Waals surface area contributed by atoms with Gasteiger partial charge in [-0.05, 0) is 25.1 Å². The average Bonchev–Trinajstić information content (AvgIpc) is 2.64. The molecule has 0 saturated carbocycles. The molecule has 0 amide bonds. The predicted octanol–water partition coefficient (Wildman–Crippen LogP) is 3.17. The average molecular weight is 303 g/mol. The van der Waals surface area contributed by atoms with Crippen molar-refractivity contribution in [2.24, 2.45) is 5.73 Å². The maximum atomic E-state index is 5.92. The van der Waals surface area contributed by atoms with Crippen LogP contribution in [-0.2, 0) is 0 Å². The number of halogens is 2. The predicted molar refractivity (Wildman–Crippen MR) is 65.0 cm³/mol. The van der Waals surface area contributed by atoms with E-state index in [1.807, 2.05) is 6.07 Å². The third-order valence-corrected chi connectivity index (χ3v) is 2.63. The molecule has 1 unspecified atom stereocenters. The van der Waals surface area contributed by atoms with Gasteiger partial charge in [-0.3, -0.25) is 0 Å². The summed E-state index contributed by atoms with van der Waals surface area (Å²) >= 11 is 9.27. The van der Waals surface area contributed by atoms with E-state index in [9.17, 15) is 0 Å². The van der Waals surface area contributed by atoms with Crippen LogP contribution in [0.3, 0.4) is 0 Å². The molecule has 2 rings (SSSR count). The topological polar surface area (TPSA) is 64.9 Å². The summed E-state index contributed by atoms with van der Waals surface area (Å²) in [6.07, 6.45) is 0. The molecular formula is C10H9BrClN3O. The molecule has 0 saturated heterocycles. The normalized spacial score (nSPS) is 12.8. The lowest BCUT2D eigenvalue weighted by molar-refractivity contribution is 0.418. The number of nitrogens with zero attached hydrogens (tertiary/aromatic N) is 2. The van der Waals surface area contributed by atoms with Gasteiger partial charge in [0.15, 0.2) is 5.82 Å². The van der Waals surface area contributed by atoms with Crippen LogP contribution in [0.15, 0.2) is 27.2 Å². The Morgan fingerprint density at radius 1 is 1.44 bits per heavy atom. The fraction of sp³-hybridized carbons (Fsp3) is 0.200. The number of hydrogen-bond acceptors (Lipinski definition) is 4. The molecule has 4 nitrogen and oxygen atoms in total. The third kappa shape index (κ3) is 2.42. The summed E-state index contributed by atoms with van der Waals surface area (Å²) in [6.45, 7) is 1.79. The zero-order valence-electron chi connectivity index (χ0n) is 8.45. The van der Waals surface area contributed by atoms with Gasteiger partial charge in [-0.25, -0.2) is 0 Å². The lowest BCUT2D eigenvalue weighted by Crippen LogP contribution is -2.06. The van der Waals surface area contributed by atoms with Crippen molar-refractivity contribution >= 4 is 27.5 Å². The van der Waals surface area contributed by atoms with Crippen LogP contribution < -0.4 is 5.73 Å². The SMILES string of the molecule is CC(N)c1noc(-c2cc(Cl)cc(Br)c2)n1. The summed E-state index contributed by atoms with van der Waals surface area (Å²) in [5, 5.41) is 4.38. The highest BCUT2D eigenvalue weighted by Gasteiger charge is 2.12. The Kier molecular flexibility index (Phi) is 3.28. The van der Waals surface area contributed by atoms with E-state index in [1.54, 1.807) is 19.1 Å². The molecule has 2 aromatic rings. The Morgan fingerprint density at radius 2 is 2.19 bits per heavy atom. The smallest absolute Gasteiger partial charge is 0.258 e. The first-order valence-corrected chi connectivity index (χ1v) is 5.79. The molecule has 1 aromatic carbocycles. The lowest BCUT2D eigenvalue weighted by Gasteiger charge is -1.97. The van der Waals surface area contributed by atoms with Crippen molar-refractivity contribution in [2.45, 2.75) is 13.0 Å². The van der Waals surface area contributed by atoms with E-state index in [0.29, 0.717) is 16.7 Å². The Hall–Kier alpha value is -0.910. The molecule has 16 heavy (non-hydrogen) atoms. The highest BCUT2D eigenvalue weighted by Crippen LogP contribution is 2.26. The highest BCUT2D eigenvalue weighted by atomic mass is 79.9. The zero-order valence-corrected chi connectivity index (χ0v) is 10.8. The van der Waals surface area contributed by atoms with Crippen LogP contribution in [0, 0.1) is 0 Å². The second-order valence-corrected chi connectivity index (χ2v) is 4.76. The maximum Gasteiger partial charge on any atom is 0.258 e. The molecule has 2 N–H and O–H groups in total. The molecular weight excluding hydrogens is 293 g/mol. The summed E-state index contributed by atoms with van der Waals surface area (Å²) in [6, 6.07) is 5.14. The summed E-state index contributed by atoms with van der Waals surface area (Å²) in [7, 11) is 0. The van der Waals surface area contributed by atoms with Crippen LogP contribution in [0.4, 0.5) is 0 Å². The molecule has 1 heterocycles. The van der Waals surface area contributed by atoms with Gasteiger partial charge >= 0.3 is 0 Å². The lowest BCUT2D eigenvalue weighted by atomic mass is 10.2. The number of benzene rings is 1. The van der Waals surface area contributed by atoms with Crippen LogP contribution in [0.5, 0.6) is 0 Å². The zero-order chi connectivity index (χ0) is 11.7. The van der Waals surface area contributed by atoms with Crippen LogP contribution in [0.2, 0.25) is 5.02 Å². The molecule has 0 bridgehead atoms. The second kappa shape index (κ2) is 4.53. The Balaban J connectivity index is 2.42. The summed E-state index contributed by atoms with van der Waals surface area (Å²) in [4.78, 5) is 4.18. The number of aromatic nitrogens is 2. The molecule has 6 heteroatoms. The van der Waals surface area contributed by atoms with Crippen molar-refractivity contribution in [3.05, 3.63) is 33.5 Å². The summed E-state index contributed by atoms with van der Waals surface area (Å²) < 4.78 is 5.96. The Bertz CT molecular complexity index is 492. The van der Waals surface area contributed by atoms with Crippen LogP contribution in [0.25, 0.3) is 11.5 Å². The van der Waals surface area contributed by atoms with Crippen LogP contribution >= 0.6 is 27.5 Å². The monoisotopic (exact) mass is 301 g/mol. The van der Waals surface area contributed by atoms with Gasteiger partial charge in [-0.1, -0.05) is 32.7 Å². The van der Waals surface area contributed by atoms with Gasteiger partial charge in [-0.15, -0.1) is 0 Å². The van der Waals surface area contributed by atoms with Crippen molar-refractivity contribution < 1.29 is 4.52 Å². The van der Waals surface area contributed by atoms with Crippen molar-refractivity contribution in [3.63, 3.8) is 0 Å². The largest absolute Gasteiger partial charge is 0.334 e. The van der Waals surface area contributed by atoms with Gasteiger partial charge < -0.3 is 10.3 Å². The molecule has 0 aliphatic heterocycles. The molecule has 0 aliphatic carbocycles. The minimum Gasteiger partial charge on any atom is -0.334 e. The Labute approximate surface area is 106 Å². The van der Waals surface area contributed by atoms with Gasteiger partial charge in [-0.2, -0.15) is 4.98 Å². The fourth-order valence-electron chi connectivity index (χ4n) is 1.21. The quantitative estimate of drug-likeness (QED) is 0.925. The summed E-state index contributed by atoms with van der Waals surface area (Å²) in [5.74, 6) is 0.890. The number of nitrogens with two attached hydrogens (primary N) is 1. The first kappa shape index (κ1) is 11.6. The first-order valence-electron chi connectivity index (χ1n) is 4.62. The standard InChI is InChI=1S/C10H9BrClN3O/c1-5(13)9-14-10(16-15-9)6-2-7(11)4-8(12)3-6/h2-5H,13H2,1H3. The molecule has 84 valence electrons. The Morgan fingerprint density at radius 3 is 2.75 bits per heavy atom. The van der Waals surface area contributed by atoms with Crippen molar-refractivity contribution in [3.8, 4) is 11.5 Å². The van der Waals surface area contributed by atoms with Gasteiger partial charge in [0.1, 0.15) is 0 Å². The van der Waals surface area contributed by atoms with Gasteiger partial charge in [0.2, 0.25) is 0 Å². The minimum atomic E-state index is -0.250. The summed E-state index contributed by atoms with van der Waals surface area (Å²) in [5.41, 5.74) is 6.41. The molecule has 0 fully saturated rings. The molecule has 1 atom stereocenters. The number of hydrogen-bond donors (Lipinski definition) is 1. The third-order valence-electron chi connectivity index (χ3n) is 1.96. The molecule has 0 spiro atoms. The van der Waals surface area contributed by atoms with E-state index < -0.39 is 0 Å². The van der Waals surface area contributed by atoms with Gasteiger partial charge in [0.25, 0.3) is 5.89 Å². The second-order valence-electron chi connectivity index (χ2n) is 3.40.